The summed E-state index contributed by atoms with van der Waals surface area (Å²) >= 11 is 8.35. The number of aromatic amines is 1. The normalized spacial score (nSPS) is 11.1. The first kappa shape index (κ1) is 10.8. The Labute approximate surface area is 100 Å². The number of aromatic nitrogens is 2. The molecule has 0 saturated heterocycles. The van der Waals surface area contributed by atoms with Gasteiger partial charge in [0.2, 0.25) is 0 Å². The summed E-state index contributed by atoms with van der Waals surface area (Å²) in [6.45, 7) is 2.93. The van der Waals surface area contributed by atoms with E-state index in [4.69, 9.17) is 12.2 Å². The minimum Gasteiger partial charge on any atom is -0.330 e. The highest BCUT2D eigenvalue weighted by molar-refractivity contribution is 9.10. The lowest BCUT2D eigenvalue weighted by Gasteiger charge is -2.02. The van der Waals surface area contributed by atoms with Crippen molar-refractivity contribution in [2.45, 2.75) is 19.9 Å². The first-order chi connectivity index (χ1) is 7.13. The van der Waals surface area contributed by atoms with Crippen molar-refractivity contribution >= 4 is 39.2 Å². The van der Waals surface area contributed by atoms with Gasteiger partial charge in [-0.2, -0.15) is 0 Å². The number of fused-ring (bicyclic) bond motifs is 1. The van der Waals surface area contributed by atoms with E-state index in [9.17, 15) is 4.39 Å². The first-order valence-corrected chi connectivity index (χ1v) is 5.91. The van der Waals surface area contributed by atoms with Gasteiger partial charge in [-0.15, -0.1) is 0 Å². The van der Waals surface area contributed by atoms with Gasteiger partial charge in [0.1, 0.15) is 5.82 Å². The first-order valence-electron chi connectivity index (χ1n) is 4.71. The molecular weight excluding hydrogens is 279 g/mol. The smallest absolute Gasteiger partial charge is 0.178 e. The molecule has 15 heavy (non-hydrogen) atoms. The van der Waals surface area contributed by atoms with Gasteiger partial charge < -0.3 is 9.55 Å². The summed E-state index contributed by atoms with van der Waals surface area (Å²) < 4.78 is 16.4. The quantitative estimate of drug-likeness (QED) is 0.828. The zero-order chi connectivity index (χ0) is 11.0. The van der Waals surface area contributed by atoms with Crippen LogP contribution in [0.2, 0.25) is 0 Å². The SMILES string of the molecule is CCCn1c(=S)[nH]c2cc(F)c(Br)cc21. The monoisotopic (exact) mass is 288 g/mol. The fourth-order valence-corrected chi connectivity index (χ4v) is 2.23. The van der Waals surface area contributed by atoms with Crippen molar-refractivity contribution in [3.05, 3.63) is 27.2 Å². The molecule has 2 nitrogen and oxygen atoms in total. The van der Waals surface area contributed by atoms with Crippen molar-refractivity contribution in [3.8, 4) is 0 Å². The molecule has 0 unspecified atom stereocenters. The molecule has 1 aromatic heterocycles. The zero-order valence-corrected chi connectivity index (χ0v) is 10.6. The largest absolute Gasteiger partial charge is 0.330 e. The average molecular weight is 289 g/mol. The molecule has 0 fully saturated rings. The molecule has 1 heterocycles. The van der Waals surface area contributed by atoms with E-state index >= 15 is 0 Å². The van der Waals surface area contributed by atoms with Gasteiger partial charge in [-0.1, -0.05) is 6.92 Å². The molecule has 80 valence electrons. The minimum atomic E-state index is -0.276. The number of benzene rings is 1. The Hall–Kier alpha value is -0.680. The second kappa shape index (κ2) is 4.06. The van der Waals surface area contributed by atoms with Crippen molar-refractivity contribution in [2.24, 2.45) is 0 Å². The van der Waals surface area contributed by atoms with Gasteiger partial charge in [-0.3, -0.25) is 0 Å². The van der Waals surface area contributed by atoms with Crippen molar-refractivity contribution in [3.63, 3.8) is 0 Å². The van der Waals surface area contributed by atoms with Crippen LogP contribution < -0.4 is 0 Å². The van der Waals surface area contributed by atoms with E-state index in [1.807, 2.05) is 4.57 Å². The third kappa shape index (κ3) is 1.86. The molecule has 0 aliphatic rings. The predicted molar refractivity (Wildman–Crippen MR) is 65.1 cm³/mol. The number of aryl methyl sites for hydroxylation is 1. The van der Waals surface area contributed by atoms with E-state index in [1.165, 1.54) is 6.07 Å². The number of nitrogens with one attached hydrogen (secondary N) is 1. The number of H-pyrrole nitrogens is 1. The molecule has 0 aliphatic carbocycles. The second-order valence-corrected chi connectivity index (χ2v) is 4.61. The predicted octanol–water partition coefficient (Wildman–Crippen LogP) is 4.01. The van der Waals surface area contributed by atoms with Crippen LogP contribution in [0.1, 0.15) is 13.3 Å². The summed E-state index contributed by atoms with van der Waals surface area (Å²) in [7, 11) is 0. The van der Waals surface area contributed by atoms with Gasteiger partial charge in [0, 0.05) is 12.6 Å². The number of halogens is 2. The third-order valence-corrected chi connectivity index (χ3v) is 3.19. The molecule has 0 saturated carbocycles. The summed E-state index contributed by atoms with van der Waals surface area (Å²) in [6.07, 6.45) is 0.996. The molecular formula is C10H10BrFN2S. The van der Waals surface area contributed by atoms with E-state index in [0.717, 1.165) is 24.0 Å². The van der Waals surface area contributed by atoms with E-state index in [2.05, 4.69) is 27.8 Å². The van der Waals surface area contributed by atoms with Crippen LogP contribution in [0.15, 0.2) is 16.6 Å². The van der Waals surface area contributed by atoms with Gasteiger partial charge in [0.15, 0.2) is 4.77 Å². The Bertz CT molecular complexity index is 558. The number of nitrogens with zero attached hydrogens (tertiary/aromatic N) is 1. The summed E-state index contributed by atoms with van der Waals surface area (Å²) in [6, 6.07) is 3.22. The number of hydrogen-bond acceptors (Lipinski definition) is 1. The van der Waals surface area contributed by atoms with Crippen LogP contribution in [0.5, 0.6) is 0 Å². The lowest BCUT2D eigenvalue weighted by atomic mass is 10.3. The van der Waals surface area contributed by atoms with E-state index in [1.54, 1.807) is 6.07 Å². The van der Waals surface area contributed by atoms with Crippen molar-refractivity contribution in [1.29, 1.82) is 0 Å². The maximum absolute atomic E-state index is 13.3. The standard InChI is InChI=1S/C10H10BrFN2S/c1-2-3-14-9-4-6(11)7(12)5-8(9)13-10(14)15/h4-5H,2-3H2,1H3,(H,13,15). The molecule has 0 atom stereocenters. The summed E-state index contributed by atoms with van der Waals surface area (Å²) in [5.74, 6) is -0.276. The van der Waals surface area contributed by atoms with Gasteiger partial charge in [-0.05, 0) is 40.6 Å². The summed E-state index contributed by atoms with van der Waals surface area (Å²) in [5, 5.41) is 0. The highest BCUT2D eigenvalue weighted by Crippen LogP contribution is 2.23. The number of imidazole rings is 1. The number of hydrogen-bond donors (Lipinski definition) is 1. The van der Waals surface area contributed by atoms with Crippen LogP contribution in [0.4, 0.5) is 4.39 Å². The molecule has 2 rings (SSSR count). The minimum absolute atomic E-state index is 0.276. The van der Waals surface area contributed by atoms with Crippen molar-refractivity contribution < 1.29 is 4.39 Å². The molecule has 0 amide bonds. The fraction of sp³-hybridized carbons (Fsp3) is 0.300. The Morgan fingerprint density at radius 2 is 2.27 bits per heavy atom. The third-order valence-electron chi connectivity index (χ3n) is 2.26. The topological polar surface area (TPSA) is 20.7 Å². The van der Waals surface area contributed by atoms with Crippen LogP contribution in [0, 0.1) is 10.6 Å². The van der Waals surface area contributed by atoms with Crippen molar-refractivity contribution in [2.75, 3.05) is 0 Å². The lowest BCUT2D eigenvalue weighted by molar-refractivity contribution is 0.622. The lowest BCUT2D eigenvalue weighted by Crippen LogP contribution is -1.96. The van der Waals surface area contributed by atoms with Gasteiger partial charge >= 0.3 is 0 Å². The molecule has 0 radical (unpaired) electrons. The highest BCUT2D eigenvalue weighted by atomic mass is 79.9. The Balaban J connectivity index is 2.76. The zero-order valence-electron chi connectivity index (χ0n) is 8.18. The fourth-order valence-electron chi connectivity index (χ4n) is 1.60. The Morgan fingerprint density at radius 3 is 2.93 bits per heavy atom. The van der Waals surface area contributed by atoms with E-state index in [0.29, 0.717) is 9.24 Å². The Morgan fingerprint density at radius 1 is 1.53 bits per heavy atom. The Kier molecular flexibility index (Phi) is 2.93. The average Bonchev–Trinajstić information content (AvgIpc) is 2.46. The van der Waals surface area contributed by atoms with Crippen LogP contribution in [-0.2, 0) is 6.54 Å². The van der Waals surface area contributed by atoms with Crippen molar-refractivity contribution in [1.82, 2.24) is 9.55 Å². The van der Waals surface area contributed by atoms with Crippen LogP contribution in [0.25, 0.3) is 11.0 Å². The second-order valence-electron chi connectivity index (χ2n) is 3.37. The molecule has 5 heteroatoms. The number of rotatable bonds is 2. The van der Waals surface area contributed by atoms with Crippen LogP contribution in [-0.4, -0.2) is 9.55 Å². The molecule has 1 aromatic carbocycles. The summed E-state index contributed by atoms with van der Waals surface area (Å²) in [5.41, 5.74) is 1.68. The molecule has 1 N–H and O–H groups in total. The summed E-state index contributed by atoms with van der Waals surface area (Å²) in [4.78, 5) is 3.00. The van der Waals surface area contributed by atoms with Gasteiger partial charge in [0.25, 0.3) is 0 Å². The van der Waals surface area contributed by atoms with Gasteiger partial charge in [0.05, 0.1) is 15.5 Å². The van der Waals surface area contributed by atoms with Crippen LogP contribution >= 0.6 is 28.1 Å². The maximum atomic E-state index is 13.3. The maximum Gasteiger partial charge on any atom is 0.178 e. The van der Waals surface area contributed by atoms with E-state index in [-0.39, 0.29) is 5.82 Å². The van der Waals surface area contributed by atoms with E-state index < -0.39 is 0 Å². The molecule has 2 aromatic rings. The molecule has 0 spiro atoms. The molecule has 0 bridgehead atoms. The highest BCUT2D eigenvalue weighted by Gasteiger charge is 2.07. The van der Waals surface area contributed by atoms with Gasteiger partial charge in [-0.25, -0.2) is 4.39 Å². The molecule has 0 aliphatic heterocycles. The van der Waals surface area contributed by atoms with Crippen LogP contribution in [0.3, 0.4) is 0 Å².